The maximum atomic E-state index is 12.7. The number of carbonyl (C=O) groups excluding carboxylic acids is 1. The second kappa shape index (κ2) is 6.22. The summed E-state index contributed by atoms with van der Waals surface area (Å²) in [4.78, 5) is 27.9. The number of benzene rings is 2. The van der Waals surface area contributed by atoms with Crippen molar-refractivity contribution in [2.75, 3.05) is 14.2 Å². The minimum Gasteiger partial charge on any atom is -0.493 e. The molecular weight excluding hydrogens is 334 g/mol. The molecule has 1 N–H and O–H groups in total. The van der Waals surface area contributed by atoms with E-state index in [-0.39, 0.29) is 17.9 Å². The highest BCUT2D eigenvalue weighted by Gasteiger charge is 2.33. The van der Waals surface area contributed by atoms with Crippen LogP contribution in [-0.2, 0) is 4.79 Å². The molecule has 0 radical (unpaired) electrons. The van der Waals surface area contributed by atoms with Crippen LogP contribution in [0, 0.1) is 0 Å². The zero-order valence-electron chi connectivity index (χ0n) is 14.4. The topological polar surface area (TPSA) is 77.6 Å². The van der Waals surface area contributed by atoms with Gasteiger partial charge in [0.1, 0.15) is 5.75 Å². The fourth-order valence-corrected chi connectivity index (χ4v) is 3.43. The van der Waals surface area contributed by atoms with Crippen molar-refractivity contribution in [3.8, 4) is 17.2 Å². The molecule has 6 heteroatoms. The standard InChI is InChI=1S/C20H17NO5/c1-24-15-8-7-11(9-16(15)25-2)13-10-17(22)26-19-12-5-3-4-6-14(12)21-20(23)18(13)19/h3-9,13H,10H2,1-2H3,(H,21,23)/t13-/m0/s1. The number of pyridine rings is 1. The summed E-state index contributed by atoms with van der Waals surface area (Å²) in [5.41, 5.74) is 1.62. The number of nitrogens with one attached hydrogen (secondary N) is 1. The first kappa shape index (κ1) is 16.2. The largest absolute Gasteiger partial charge is 0.493 e. The zero-order chi connectivity index (χ0) is 18.3. The van der Waals surface area contributed by atoms with Crippen LogP contribution in [-0.4, -0.2) is 25.2 Å². The number of hydrogen-bond acceptors (Lipinski definition) is 5. The summed E-state index contributed by atoms with van der Waals surface area (Å²) in [5.74, 6) is 0.679. The summed E-state index contributed by atoms with van der Waals surface area (Å²) >= 11 is 0. The number of aromatic nitrogens is 1. The minimum absolute atomic E-state index is 0.0872. The number of aromatic amines is 1. The molecule has 1 atom stereocenters. The van der Waals surface area contributed by atoms with Gasteiger partial charge in [0, 0.05) is 11.3 Å². The molecule has 0 bridgehead atoms. The van der Waals surface area contributed by atoms with Crippen molar-refractivity contribution in [3.05, 3.63) is 63.9 Å². The second-order valence-electron chi connectivity index (χ2n) is 6.09. The molecule has 0 saturated heterocycles. The maximum absolute atomic E-state index is 12.7. The van der Waals surface area contributed by atoms with Gasteiger partial charge in [0.15, 0.2) is 11.5 Å². The Bertz CT molecular complexity index is 1070. The van der Waals surface area contributed by atoms with Crippen LogP contribution >= 0.6 is 0 Å². The maximum Gasteiger partial charge on any atom is 0.312 e. The molecule has 0 amide bonds. The van der Waals surface area contributed by atoms with Gasteiger partial charge in [-0.25, -0.2) is 0 Å². The summed E-state index contributed by atoms with van der Waals surface area (Å²) in [6.45, 7) is 0. The van der Waals surface area contributed by atoms with E-state index in [0.717, 1.165) is 5.56 Å². The molecule has 1 aliphatic rings. The lowest BCUT2D eigenvalue weighted by Gasteiger charge is -2.25. The molecule has 1 aromatic heterocycles. The molecule has 6 nitrogen and oxygen atoms in total. The van der Waals surface area contributed by atoms with Crippen molar-refractivity contribution in [2.45, 2.75) is 12.3 Å². The number of rotatable bonds is 3. The average molecular weight is 351 g/mol. The van der Waals surface area contributed by atoms with Crippen LogP contribution in [0.4, 0.5) is 0 Å². The Morgan fingerprint density at radius 2 is 1.81 bits per heavy atom. The smallest absolute Gasteiger partial charge is 0.312 e. The summed E-state index contributed by atoms with van der Waals surface area (Å²) < 4.78 is 16.1. The van der Waals surface area contributed by atoms with Gasteiger partial charge in [0.2, 0.25) is 0 Å². The van der Waals surface area contributed by atoms with Crippen LogP contribution in [0.25, 0.3) is 10.9 Å². The van der Waals surface area contributed by atoms with Crippen LogP contribution in [0.5, 0.6) is 17.2 Å². The van der Waals surface area contributed by atoms with Crippen molar-refractivity contribution in [1.82, 2.24) is 4.98 Å². The van der Waals surface area contributed by atoms with Gasteiger partial charge in [-0.1, -0.05) is 18.2 Å². The molecule has 0 fully saturated rings. The average Bonchev–Trinajstić information content (AvgIpc) is 2.66. The molecule has 0 saturated carbocycles. The fourth-order valence-electron chi connectivity index (χ4n) is 3.43. The third-order valence-electron chi connectivity index (χ3n) is 4.65. The van der Waals surface area contributed by atoms with Gasteiger partial charge >= 0.3 is 5.97 Å². The zero-order valence-corrected chi connectivity index (χ0v) is 14.4. The fraction of sp³-hybridized carbons (Fsp3) is 0.200. The van der Waals surface area contributed by atoms with Crippen molar-refractivity contribution in [3.63, 3.8) is 0 Å². The number of hydrogen-bond donors (Lipinski definition) is 1. The number of carbonyl (C=O) groups is 1. The van der Waals surface area contributed by atoms with Crippen molar-refractivity contribution in [2.24, 2.45) is 0 Å². The SMILES string of the molecule is COc1ccc([C@@H]2CC(=O)Oc3c2c(=O)[nH]c2ccccc32)cc1OC. The van der Waals surface area contributed by atoms with E-state index in [4.69, 9.17) is 14.2 Å². The van der Waals surface area contributed by atoms with E-state index in [2.05, 4.69) is 4.98 Å². The molecule has 132 valence electrons. The molecule has 26 heavy (non-hydrogen) atoms. The van der Waals surface area contributed by atoms with E-state index in [1.54, 1.807) is 32.4 Å². The van der Waals surface area contributed by atoms with Gasteiger partial charge in [0.25, 0.3) is 5.56 Å². The number of fused-ring (bicyclic) bond motifs is 3. The third-order valence-corrected chi connectivity index (χ3v) is 4.65. The Morgan fingerprint density at radius 1 is 1.04 bits per heavy atom. The van der Waals surface area contributed by atoms with E-state index in [1.165, 1.54) is 0 Å². The van der Waals surface area contributed by atoms with E-state index >= 15 is 0 Å². The predicted molar refractivity (Wildman–Crippen MR) is 96.2 cm³/mol. The lowest BCUT2D eigenvalue weighted by Crippen LogP contribution is -2.28. The van der Waals surface area contributed by atoms with Crippen LogP contribution in [0.3, 0.4) is 0 Å². The van der Waals surface area contributed by atoms with E-state index in [9.17, 15) is 9.59 Å². The molecule has 4 rings (SSSR count). The van der Waals surface area contributed by atoms with Gasteiger partial charge in [-0.3, -0.25) is 9.59 Å². The van der Waals surface area contributed by atoms with Crippen LogP contribution in [0.1, 0.15) is 23.5 Å². The number of ether oxygens (including phenoxy) is 3. The minimum atomic E-state index is -0.417. The van der Waals surface area contributed by atoms with Gasteiger partial charge < -0.3 is 19.2 Å². The summed E-state index contributed by atoms with van der Waals surface area (Å²) in [6.07, 6.45) is 0.0872. The Balaban J connectivity index is 1.95. The van der Waals surface area contributed by atoms with Crippen LogP contribution < -0.4 is 19.8 Å². The van der Waals surface area contributed by atoms with Gasteiger partial charge in [-0.05, 0) is 29.8 Å². The monoisotopic (exact) mass is 351 g/mol. The lowest BCUT2D eigenvalue weighted by molar-refractivity contribution is -0.135. The number of para-hydroxylation sites is 1. The Labute approximate surface area is 149 Å². The molecular formula is C20H17NO5. The molecule has 2 aromatic carbocycles. The molecule has 1 aliphatic heterocycles. The molecule has 0 spiro atoms. The first-order chi connectivity index (χ1) is 12.6. The normalized spacial score (nSPS) is 16.1. The predicted octanol–water partition coefficient (Wildman–Crippen LogP) is 2.99. The molecule has 0 unspecified atom stereocenters. The van der Waals surface area contributed by atoms with E-state index in [0.29, 0.717) is 33.7 Å². The quantitative estimate of drug-likeness (QED) is 0.734. The lowest BCUT2D eigenvalue weighted by atomic mass is 9.86. The second-order valence-corrected chi connectivity index (χ2v) is 6.09. The molecule has 2 heterocycles. The van der Waals surface area contributed by atoms with Crippen molar-refractivity contribution >= 4 is 16.9 Å². The number of methoxy groups -OCH3 is 2. The highest BCUT2D eigenvalue weighted by Crippen LogP contribution is 2.41. The van der Waals surface area contributed by atoms with Gasteiger partial charge in [-0.2, -0.15) is 0 Å². The third kappa shape index (κ3) is 2.50. The number of esters is 1. The van der Waals surface area contributed by atoms with Gasteiger partial charge in [-0.15, -0.1) is 0 Å². The van der Waals surface area contributed by atoms with Crippen molar-refractivity contribution in [1.29, 1.82) is 0 Å². The van der Waals surface area contributed by atoms with Crippen molar-refractivity contribution < 1.29 is 19.0 Å². The molecule has 0 aliphatic carbocycles. The number of H-pyrrole nitrogens is 1. The Kier molecular flexibility index (Phi) is 3.88. The van der Waals surface area contributed by atoms with Crippen LogP contribution in [0.2, 0.25) is 0 Å². The highest BCUT2D eigenvalue weighted by atomic mass is 16.5. The summed E-state index contributed by atoms with van der Waals surface area (Å²) in [6, 6.07) is 12.7. The van der Waals surface area contributed by atoms with Gasteiger partial charge in [0.05, 0.1) is 31.7 Å². The van der Waals surface area contributed by atoms with Crippen LogP contribution in [0.15, 0.2) is 47.3 Å². The first-order valence-corrected chi connectivity index (χ1v) is 8.20. The summed E-state index contributed by atoms with van der Waals surface area (Å²) in [7, 11) is 3.10. The Morgan fingerprint density at radius 3 is 2.58 bits per heavy atom. The molecule has 3 aromatic rings. The first-order valence-electron chi connectivity index (χ1n) is 8.20. The summed E-state index contributed by atoms with van der Waals surface area (Å²) in [5, 5.41) is 0.709. The highest BCUT2D eigenvalue weighted by molar-refractivity contribution is 5.91. The van der Waals surface area contributed by atoms with E-state index < -0.39 is 5.92 Å². The Hall–Kier alpha value is -3.28. The van der Waals surface area contributed by atoms with E-state index in [1.807, 2.05) is 24.3 Å².